The predicted molar refractivity (Wildman–Crippen MR) is 164 cm³/mol. The van der Waals surface area contributed by atoms with Crippen molar-refractivity contribution in [3.05, 3.63) is 107 Å². The van der Waals surface area contributed by atoms with Crippen LogP contribution < -0.4 is 14.4 Å². The zero-order valence-electron chi connectivity index (χ0n) is 23.5. The van der Waals surface area contributed by atoms with Crippen LogP contribution in [0.25, 0.3) is 0 Å². The Morgan fingerprint density at radius 3 is 2.40 bits per heavy atom. The average Bonchev–Trinajstić information content (AvgIpc) is 3.68. The summed E-state index contributed by atoms with van der Waals surface area (Å²) in [7, 11) is 1.69. The second kappa shape index (κ2) is 12.9. The number of benzene rings is 3. The van der Waals surface area contributed by atoms with Gasteiger partial charge in [0.1, 0.15) is 24.2 Å². The van der Waals surface area contributed by atoms with Gasteiger partial charge in [0.25, 0.3) is 0 Å². The number of hydrogen-bond donors (Lipinski definition) is 0. The van der Waals surface area contributed by atoms with Crippen molar-refractivity contribution in [2.24, 2.45) is 0 Å². The molecule has 2 fully saturated rings. The summed E-state index contributed by atoms with van der Waals surface area (Å²) in [6, 6.07) is 21.9. The third-order valence-corrected chi connectivity index (χ3v) is 8.27. The summed E-state index contributed by atoms with van der Waals surface area (Å²) in [6.45, 7) is 6.06. The Morgan fingerprint density at radius 2 is 1.71 bits per heavy atom. The van der Waals surface area contributed by atoms with Gasteiger partial charge >= 0.3 is 0 Å². The van der Waals surface area contributed by atoms with E-state index in [0.29, 0.717) is 29.8 Å². The zero-order valence-corrected chi connectivity index (χ0v) is 25.0. The standard InChI is InChI=1S/C32H34Cl2N4O4/c1-39-27-7-2-24(3-8-27)19-36-14-16-38(17-15-36)26-5-9-28(10-6-26)40-20-29-21-41-32(42-29,22-37-13-12-35-23-37)30-11-4-25(33)18-31(30)34/h2-13,18,23,29H,14-17,19-22H2,1H3. The molecule has 2 atom stereocenters. The third kappa shape index (κ3) is 6.69. The molecule has 42 heavy (non-hydrogen) atoms. The van der Waals surface area contributed by atoms with Crippen molar-refractivity contribution >= 4 is 28.9 Å². The highest BCUT2D eigenvalue weighted by molar-refractivity contribution is 6.35. The van der Waals surface area contributed by atoms with Crippen LogP contribution in [0.15, 0.2) is 85.5 Å². The summed E-state index contributed by atoms with van der Waals surface area (Å²) in [5.74, 6) is 0.606. The molecule has 0 aliphatic carbocycles. The van der Waals surface area contributed by atoms with E-state index in [2.05, 4.69) is 39.0 Å². The summed E-state index contributed by atoms with van der Waals surface area (Å²) in [4.78, 5) is 9.06. The highest BCUT2D eigenvalue weighted by Crippen LogP contribution is 2.40. The molecule has 0 saturated carbocycles. The molecule has 4 aromatic rings. The van der Waals surface area contributed by atoms with Crippen LogP contribution in [0.1, 0.15) is 11.1 Å². The first-order valence-corrected chi connectivity index (χ1v) is 14.8. The first-order valence-electron chi connectivity index (χ1n) is 14.1. The van der Waals surface area contributed by atoms with Crippen molar-refractivity contribution in [3.8, 4) is 11.5 Å². The molecule has 2 aliphatic heterocycles. The Morgan fingerprint density at radius 1 is 0.952 bits per heavy atom. The van der Waals surface area contributed by atoms with E-state index in [0.717, 1.165) is 49.8 Å². The van der Waals surface area contributed by atoms with E-state index < -0.39 is 5.79 Å². The van der Waals surface area contributed by atoms with Gasteiger partial charge in [-0.1, -0.05) is 41.4 Å². The molecule has 2 aliphatic rings. The lowest BCUT2D eigenvalue weighted by molar-refractivity contribution is -0.189. The van der Waals surface area contributed by atoms with Crippen molar-refractivity contribution in [1.29, 1.82) is 0 Å². The third-order valence-electron chi connectivity index (χ3n) is 7.73. The molecule has 3 heterocycles. The van der Waals surface area contributed by atoms with Crippen LogP contribution in [0.4, 0.5) is 5.69 Å². The second-order valence-electron chi connectivity index (χ2n) is 10.6. The fourth-order valence-corrected chi connectivity index (χ4v) is 6.02. The molecule has 0 N–H and O–H groups in total. The Bertz CT molecular complexity index is 1440. The molecule has 2 unspecified atom stereocenters. The van der Waals surface area contributed by atoms with Crippen molar-refractivity contribution in [1.82, 2.24) is 14.5 Å². The Kier molecular flexibility index (Phi) is 8.88. The molecule has 1 aromatic heterocycles. The second-order valence-corrected chi connectivity index (χ2v) is 11.4. The van der Waals surface area contributed by atoms with Crippen LogP contribution >= 0.6 is 23.2 Å². The minimum absolute atomic E-state index is 0.279. The lowest BCUT2D eigenvalue weighted by Crippen LogP contribution is -2.45. The molecule has 0 amide bonds. The Balaban J connectivity index is 1.02. The smallest absolute Gasteiger partial charge is 0.215 e. The van der Waals surface area contributed by atoms with E-state index in [4.69, 9.17) is 42.1 Å². The highest BCUT2D eigenvalue weighted by Gasteiger charge is 2.45. The van der Waals surface area contributed by atoms with Gasteiger partial charge in [-0.15, -0.1) is 0 Å². The summed E-state index contributed by atoms with van der Waals surface area (Å²) < 4.78 is 26.1. The maximum Gasteiger partial charge on any atom is 0.215 e. The molecule has 220 valence electrons. The summed E-state index contributed by atoms with van der Waals surface area (Å²) in [5.41, 5.74) is 3.22. The van der Waals surface area contributed by atoms with Crippen molar-refractivity contribution in [2.45, 2.75) is 25.0 Å². The van der Waals surface area contributed by atoms with Crippen LogP contribution in [0.3, 0.4) is 0 Å². The van der Waals surface area contributed by atoms with Crippen LogP contribution in [-0.2, 0) is 28.4 Å². The van der Waals surface area contributed by atoms with Gasteiger partial charge < -0.3 is 28.4 Å². The number of nitrogens with zero attached hydrogens (tertiary/aromatic N) is 4. The van der Waals surface area contributed by atoms with Crippen molar-refractivity contribution < 1.29 is 18.9 Å². The van der Waals surface area contributed by atoms with Crippen LogP contribution in [-0.4, -0.2) is 67.1 Å². The molecular weight excluding hydrogens is 575 g/mol. The number of imidazole rings is 1. The number of rotatable bonds is 10. The monoisotopic (exact) mass is 608 g/mol. The van der Waals surface area contributed by atoms with Gasteiger partial charge in [0.05, 0.1) is 31.6 Å². The van der Waals surface area contributed by atoms with E-state index >= 15 is 0 Å². The molecule has 0 radical (unpaired) electrons. The summed E-state index contributed by atoms with van der Waals surface area (Å²) in [6.07, 6.45) is 5.03. The van der Waals surface area contributed by atoms with Crippen LogP contribution in [0.5, 0.6) is 11.5 Å². The molecule has 3 aromatic carbocycles. The number of piperazine rings is 1. The minimum Gasteiger partial charge on any atom is -0.497 e. The van der Waals surface area contributed by atoms with E-state index in [1.807, 2.05) is 41.1 Å². The fraction of sp³-hybridized carbons (Fsp3) is 0.344. The van der Waals surface area contributed by atoms with E-state index in [1.54, 1.807) is 31.8 Å². The van der Waals surface area contributed by atoms with Gasteiger partial charge in [-0.25, -0.2) is 4.98 Å². The zero-order chi connectivity index (χ0) is 28.9. The number of hydrogen-bond acceptors (Lipinski definition) is 7. The Hall–Kier alpha value is -3.27. The number of methoxy groups -OCH3 is 1. The maximum absolute atomic E-state index is 6.58. The molecule has 0 spiro atoms. The maximum atomic E-state index is 6.58. The van der Waals surface area contributed by atoms with Crippen molar-refractivity contribution in [2.75, 3.05) is 51.4 Å². The molecular formula is C32H34Cl2N4O4. The van der Waals surface area contributed by atoms with Gasteiger partial charge in [-0.2, -0.15) is 0 Å². The number of halogens is 2. The highest BCUT2D eigenvalue weighted by atomic mass is 35.5. The largest absolute Gasteiger partial charge is 0.497 e. The number of ether oxygens (including phenoxy) is 4. The molecule has 8 nitrogen and oxygen atoms in total. The van der Waals surface area contributed by atoms with E-state index in [9.17, 15) is 0 Å². The topological polar surface area (TPSA) is 61.2 Å². The quantitative estimate of drug-likeness (QED) is 0.223. The summed E-state index contributed by atoms with van der Waals surface area (Å²) in [5, 5.41) is 1.04. The van der Waals surface area contributed by atoms with Gasteiger partial charge in [-0.3, -0.25) is 4.90 Å². The first kappa shape index (κ1) is 28.8. The van der Waals surface area contributed by atoms with Crippen LogP contribution in [0.2, 0.25) is 10.0 Å². The number of aromatic nitrogens is 2. The molecule has 10 heteroatoms. The number of anilines is 1. The normalized spacial score (nSPS) is 21.0. The fourth-order valence-electron chi connectivity index (χ4n) is 5.47. The first-order chi connectivity index (χ1) is 20.5. The summed E-state index contributed by atoms with van der Waals surface area (Å²) >= 11 is 12.7. The Labute approximate surface area is 256 Å². The van der Waals surface area contributed by atoms with Gasteiger partial charge in [0.15, 0.2) is 0 Å². The lowest BCUT2D eigenvalue weighted by Gasteiger charge is -2.36. The van der Waals surface area contributed by atoms with Gasteiger partial charge in [0, 0.05) is 61.4 Å². The average molecular weight is 610 g/mol. The predicted octanol–water partition coefficient (Wildman–Crippen LogP) is 5.87. The van der Waals surface area contributed by atoms with Crippen molar-refractivity contribution in [3.63, 3.8) is 0 Å². The van der Waals surface area contributed by atoms with E-state index in [-0.39, 0.29) is 6.10 Å². The minimum atomic E-state index is -1.07. The lowest BCUT2D eigenvalue weighted by atomic mass is 10.1. The van der Waals surface area contributed by atoms with Gasteiger partial charge in [0.2, 0.25) is 5.79 Å². The van der Waals surface area contributed by atoms with E-state index in [1.165, 1.54) is 11.3 Å². The molecule has 0 bridgehead atoms. The molecule has 6 rings (SSSR count). The van der Waals surface area contributed by atoms with Crippen LogP contribution in [0, 0.1) is 0 Å². The molecule has 2 saturated heterocycles. The SMILES string of the molecule is COc1ccc(CN2CCN(c3ccc(OCC4COC(Cn5ccnc5)(c5ccc(Cl)cc5Cl)O4)cc3)CC2)cc1. The van der Waals surface area contributed by atoms with Gasteiger partial charge in [-0.05, 0) is 54.1 Å².